The van der Waals surface area contributed by atoms with Crippen molar-refractivity contribution in [3.63, 3.8) is 0 Å². The van der Waals surface area contributed by atoms with Gasteiger partial charge < -0.3 is 0 Å². The Bertz CT molecular complexity index is 330. The minimum Gasteiger partial charge on any atom is -0.247 e. The SMILES string of the molecule is CCCCCCCC[C@H](CCCCC)c1[nH]cc[n+]1C. The molecule has 2 heteroatoms. The van der Waals surface area contributed by atoms with Gasteiger partial charge in [0.1, 0.15) is 12.4 Å². The molecule has 0 spiro atoms. The summed E-state index contributed by atoms with van der Waals surface area (Å²) in [7, 11) is 2.17. The standard InChI is InChI=1S/C18H34N2/c1-4-6-8-9-10-12-14-17(13-11-7-5-2)18-19-15-16-20(18)3/h15-17H,4-14H2,1-3H3/p+1/t17-/m0/s1. The molecule has 0 fully saturated rings. The smallest absolute Gasteiger partial charge is 0.247 e. The van der Waals surface area contributed by atoms with Crippen molar-refractivity contribution < 1.29 is 4.57 Å². The van der Waals surface area contributed by atoms with Crippen LogP contribution in [-0.4, -0.2) is 4.98 Å². The molecular formula is C18H35N2+. The molecular weight excluding hydrogens is 244 g/mol. The summed E-state index contributed by atoms with van der Waals surface area (Å²) >= 11 is 0. The minimum absolute atomic E-state index is 0.729. The molecule has 116 valence electrons. The lowest BCUT2D eigenvalue weighted by Gasteiger charge is -2.12. The van der Waals surface area contributed by atoms with Crippen molar-refractivity contribution in [2.45, 2.75) is 90.4 Å². The highest BCUT2D eigenvalue weighted by atomic mass is 15.0. The Morgan fingerprint density at radius 2 is 1.45 bits per heavy atom. The van der Waals surface area contributed by atoms with Crippen LogP contribution >= 0.6 is 0 Å². The second kappa shape index (κ2) is 10.9. The molecule has 1 aromatic rings. The van der Waals surface area contributed by atoms with E-state index in [2.05, 4.69) is 42.8 Å². The molecule has 0 unspecified atom stereocenters. The lowest BCUT2D eigenvalue weighted by atomic mass is 9.93. The molecule has 0 aliphatic heterocycles. The molecule has 20 heavy (non-hydrogen) atoms. The predicted octanol–water partition coefficient (Wildman–Crippen LogP) is 5.25. The number of hydrogen-bond donors (Lipinski definition) is 1. The highest BCUT2D eigenvalue weighted by Gasteiger charge is 2.20. The average Bonchev–Trinajstić information content (AvgIpc) is 2.87. The Morgan fingerprint density at radius 3 is 2.05 bits per heavy atom. The number of imidazole rings is 1. The minimum atomic E-state index is 0.729. The molecule has 0 radical (unpaired) electrons. The third-order valence-electron chi connectivity index (χ3n) is 4.36. The highest BCUT2D eigenvalue weighted by molar-refractivity contribution is 4.89. The zero-order valence-electron chi connectivity index (χ0n) is 14.0. The van der Waals surface area contributed by atoms with Crippen LogP contribution in [0.1, 0.15) is 96.2 Å². The molecule has 0 amide bonds. The maximum Gasteiger partial charge on any atom is 0.257 e. The van der Waals surface area contributed by atoms with E-state index in [1.165, 1.54) is 76.5 Å². The third kappa shape index (κ3) is 6.58. The molecule has 1 heterocycles. The van der Waals surface area contributed by atoms with Crippen LogP contribution in [0.15, 0.2) is 12.4 Å². The lowest BCUT2D eigenvalue weighted by molar-refractivity contribution is -0.679. The third-order valence-corrected chi connectivity index (χ3v) is 4.36. The topological polar surface area (TPSA) is 19.7 Å². The van der Waals surface area contributed by atoms with Gasteiger partial charge in [-0.2, -0.15) is 0 Å². The van der Waals surface area contributed by atoms with Crippen molar-refractivity contribution in [2.24, 2.45) is 7.05 Å². The van der Waals surface area contributed by atoms with E-state index in [4.69, 9.17) is 0 Å². The Balaban J connectivity index is 2.33. The Morgan fingerprint density at radius 1 is 0.900 bits per heavy atom. The van der Waals surface area contributed by atoms with Gasteiger partial charge in [0.05, 0.1) is 13.0 Å². The molecule has 2 nitrogen and oxygen atoms in total. The maximum absolute atomic E-state index is 3.46. The van der Waals surface area contributed by atoms with Crippen LogP contribution in [0.3, 0.4) is 0 Å². The molecule has 0 aromatic carbocycles. The number of rotatable bonds is 12. The van der Waals surface area contributed by atoms with Crippen molar-refractivity contribution >= 4 is 0 Å². The number of nitrogens with zero attached hydrogens (tertiary/aromatic N) is 1. The number of H-pyrrole nitrogens is 1. The first kappa shape index (κ1) is 17.3. The van der Waals surface area contributed by atoms with Crippen molar-refractivity contribution in [3.8, 4) is 0 Å². The van der Waals surface area contributed by atoms with Crippen LogP contribution in [0.4, 0.5) is 0 Å². The number of aryl methyl sites for hydroxylation is 1. The molecule has 1 rings (SSSR count). The largest absolute Gasteiger partial charge is 0.257 e. The van der Waals surface area contributed by atoms with Crippen molar-refractivity contribution in [1.29, 1.82) is 0 Å². The van der Waals surface area contributed by atoms with E-state index in [1.807, 2.05) is 0 Å². The van der Waals surface area contributed by atoms with E-state index in [0.717, 1.165) is 5.92 Å². The average molecular weight is 279 g/mol. The van der Waals surface area contributed by atoms with E-state index in [9.17, 15) is 0 Å². The Labute approximate surface area is 126 Å². The highest BCUT2D eigenvalue weighted by Crippen LogP contribution is 2.25. The summed E-state index contributed by atoms with van der Waals surface area (Å²) in [6, 6.07) is 0. The monoisotopic (exact) mass is 279 g/mol. The van der Waals surface area contributed by atoms with Crippen LogP contribution in [0.2, 0.25) is 0 Å². The van der Waals surface area contributed by atoms with Gasteiger partial charge in [-0.3, -0.25) is 0 Å². The maximum atomic E-state index is 3.46. The van der Waals surface area contributed by atoms with E-state index >= 15 is 0 Å². The van der Waals surface area contributed by atoms with Crippen LogP contribution in [0.25, 0.3) is 0 Å². The molecule has 0 aliphatic carbocycles. The van der Waals surface area contributed by atoms with Crippen molar-refractivity contribution in [2.75, 3.05) is 0 Å². The van der Waals surface area contributed by atoms with Gasteiger partial charge >= 0.3 is 0 Å². The number of nitrogens with one attached hydrogen (secondary N) is 1. The molecule has 0 saturated heterocycles. The molecule has 1 N–H and O–H groups in total. The summed E-state index contributed by atoms with van der Waals surface area (Å²) in [6.07, 6.45) is 19.4. The molecule has 0 aliphatic rings. The number of aromatic amines is 1. The van der Waals surface area contributed by atoms with Gasteiger partial charge in [-0.1, -0.05) is 71.6 Å². The predicted molar refractivity (Wildman–Crippen MR) is 86.8 cm³/mol. The summed E-state index contributed by atoms with van der Waals surface area (Å²) in [5, 5.41) is 0. The molecule has 0 saturated carbocycles. The zero-order valence-corrected chi connectivity index (χ0v) is 14.0. The van der Waals surface area contributed by atoms with Gasteiger partial charge in [-0.05, 0) is 12.8 Å². The van der Waals surface area contributed by atoms with Crippen LogP contribution in [0, 0.1) is 0 Å². The summed E-state index contributed by atoms with van der Waals surface area (Å²) in [6.45, 7) is 4.58. The van der Waals surface area contributed by atoms with Gasteiger partial charge in [0.15, 0.2) is 0 Å². The van der Waals surface area contributed by atoms with Crippen molar-refractivity contribution in [3.05, 3.63) is 18.2 Å². The van der Waals surface area contributed by atoms with E-state index in [1.54, 1.807) is 0 Å². The second-order valence-electron chi connectivity index (χ2n) is 6.21. The first-order valence-electron chi connectivity index (χ1n) is 8.82. The van der Waals surface area contributed by atoms with Gasteiger partial charge in [0.25, 0.3) is 5.82 Å². The normalized spacial score (nSPS) is 12.8. The summed E-state index contributed by atoms with van der Waals surface area (Å²) < 4.78 is 2.27. The number of unbranched alkanes of at least 4 members (excludes halogenated alkanes) is 7. The fourth-order valence-corrected chi connectivity index (χ4v) is 3.05. The number of aromatic nitrogens is 2. The van der Waals surface area contributed by atoms with Gasteiger partial charge in [-0.25, -0.2) is 9.55 Å². The van der Waals surface area contributed by atoms with Crippen LogP contribution in [0.5, 0.6) is 0 Å². The Hall–Kier alpha value is -0.790. The molecule has 0 bridgehead atoms. The first-order chi connectivity index (χ1) is 9.79. The van der Waals surface area contributed by atoms with Gasteiger partial charge in [0.2, 0.25) is 0 Å². The lowest BCUT2D eigenvalue weighted by Crippen LogP contribution is -2.32. The van der Waals surface area contributed by atoms with Gasteiger partial charge in [-0.15, -0.1) is 0 Å². The Kier molecular flexibility index (Phi) is 9.44. The fraction of sp³-hybridized carbons (Fsp3) is 0.833. The molecule has 1 aromatic heterocycles. The molecule has 1 atom stereocenters. The first-order valence-corrected chi connectivity index (χ1v) is 8.82. The van der Waals surface area contributed by atoms with E-state index in [-0.39, 0.29) is 0 Å². The van der Waals surface area contributed by atoms with Gasteiger partial charge in [0, 0.05) is 0 Å². The van der Waals surface area contributed by atoms with Crippen LogP contribution in [-0.2, 0) is 7.05 Å². The zero-order chi connectivity index (χ0) is 14.6. The summed E-state index contributed by atoms with van der Waals surface area (Å²) in [5.74, 6) is 2.15. The van der Waals surface area contributed by atoms with E-state index < -0.39 is 0 Å². The quantitative estimate of drug-likeness (QED) is 0.398. The van der Waals surface area contributed by atoms with Crippen LogP contribution < -0.4 is 4.57 Å². The number of hydrogen-bond acceptors (Lipinski definition) is 0. The summed E-state index contributed by atoms with van der Waals surface area (Å²) in [4.78, 5) is 3.46. The van der Waals surface area contributed by atoms with Crippen molar-refractivity contribution in [1.82, 2.24) is 4.98 Å². The second-order valence-corrected chi connectivity index (χ2v) is 6.21. The fourth-order valence-electron chi connectivity index (χ4n) is 3.05. The van der Waals surface area contributed by atoms with E-state index in [0.29, 0.717) is 0 Å². The summed E-state index contributed by atoms with van der Waals surface area (Å²) in [5.41, 5.74) is 0.